The third kappa shape index (κ3) is 5.65. The maximum atomic E-state index is 14.3. The molecule has 0 spiro atoms. The van der Waals surface area contributed by atoms with E-state index in [4.69, 9.17) is 19.4 Å². The van der Waals surface area contributed by atoms with Gasteiger partial charge in [0.25, 0.3) is 0 Å². The molecular formula is C31H27F4N3O5S. The van der Waals surface area contributed by atoms with Gasteiger partial charge in [-0.2, -0.15) is 0 Å². The topological polar surface area (TPSA) is 97.9 Å². The van der Waals surface area contributed by atoms with E-state index in [2.05, 4.69) is 14.8 Å². The molecular weight excluding hydrogens is 602 g/mol. The fraction of sp³-hybridized carbons (Fsp3) is 0.387. The van der Waals surface area contributed by atoms with E-state index < -0.39 is 18.1 Å². The van der Waals surface area contributed by atoms with E-state index in [0.29, 0.717) is 28.3 Å². The van der Waals surface area contributed by atoms with Gasteiger partial charge in [0, 0.05) is 40.1 Å². The number of ether oxygens (including phenoxy) is 2. The summed E-state index contributed by atoms with van der Waals surface area (Å²) in [6.45, 7) is 0.161. The average Bonchev–Trinajstić information content (AvgIpc) is 3.44. The fourth-order valence-corrected chi connectivity index (χ4v) is 7.33. The number of para-hydroxylation sites is 1. The fourth-order valence-electron chi connectivity index (χ4n) is 6.36. The molecule has 2 saturated heterocycles. The zero-order valence-corrected chi connectivity index (χ0v) is 24.0. The lowest BCUT2D eigenvalue weighted by molar-refractivity contribution is -0.274. The molecule has 2 aliphatic heterocycles. The van der Waals surface area contributed by atoms with E-state index in [9.17, 15) is 22.4 Å². The van der Waals surface area contributed by atoms with Gasteiger partial charge in [0.2, 0.25) is 0 Å². The first-order chi connectivity index (χ1) is 21.1. The molecule has 2 aromatic heterocycles. The number of nitrogens with zero attached hydrogens (tertiary/aromatic N) is 3. The van der Waals surface area contributed by atoms with E-state index in [1.165, 1.54) is 41.7 Å². The number of fused-ring (bicyclic) bond motifs is 2. The number of benzene rings is 2. The van der Waals surface area contributed by atoms with Gasteiger partial charge in [-0.1, -0.05) is 23.4 Å². The molecule has 8 nitrogen and oxygen atoms in total. The van der Waals surface area contributed by atoms with Crippen molar-refractivity contribution in [3.8, 4) is 28.3 Å². The van der Waals surface area contributed by atoms with Gasteiger partial charge in [-0.3, -0.25) is 0 Å². The van der Waals surface area contributed by atoms with Gasteiger partial charge in [-0.25, -0.2) is 14.2 Å². The molecule has 230 valence electrons. The van der Waals surface area contributed by atoms with Crippen LogP contribution in [0.3, 0.4) is 0 Å². The second kappa shape index (κ2) is 11.2. The quantitative estimate of drug-likeness (QED) is 0.187. The average molecular weight is 630 g/mol. The molecule has 1 aliphatic carbocycles. The van der Waals surface area contributed by atoms with Gasteiger partial charge in [0.05, 0.1) is 24.0 Å². The highest BCUT2D eigenvalue weighted by atomic mass is 32.1. The number of carboxylic acids is 1. The SMILES string of the molecule is O=C(O)c1ccc(-c2csc(N3[C@@H]4CC[C@H]3CC(OCc3c(-c5ccccc5OC(F)(F)F)noc3C3CC3)C4)n2)cc1F. The smallest absolute Gasteiger partial charge is 0.478 e. The zero-order chi connectivity index (χ0) is 30.6. The molecule has 3 aliphatic rings. The van der Waals surface area contributed by atoms with E-state index in [-0.39, 0.29) is 47.6 Å². The maximum Gasteiger partial charge on any atom is 0.573 e. The van der Waals surface area contributed by atoms with Crippen molar-refractivity contribution in [2.75, 3.05) is 4.90 Å². The molecule has 0 radical (unpaired) electrons. The first-order valence-electron chi connectivity index (χ1n) is 14.4. The highest BCUT2D eigenvalue weighted by Crippen LogP contribution is 2.47. The minimum absolute atomic E-state index is 0.0719. The Morgan fingerprint density at radius 3 is 2.52 bits per heavy atom. The zero-order valence-electron chi connectivity index (χ0n) is 23.2. The van der Waals surface area contributed by atoms with Gasteiger partial charge in [-0.05, 0) is 62.8 Å². The predicted octanol–water partition coefficient (Wildman–Crippen LogP) is 7.80. The molecule has 7 rings (SSSR count). The lowest BCUT2D eigenvalue weighted by Crippen LogP contribution is -2.45. The highest BCUT2D eigenvalue weighted by molar-refractivity contribution is 7.14. The molecule has 1 N–H and O–H groups in total. The van der Waals surface area contributed by atoms with Gasteiger partial charge in [-0.15, -0.1) is 24.5 Å². The Hall–Kier alpha value is -3.97. The van der Waals surface area contributed by atoms with Crippen molar-refractivity contribution in [2.45, 2.75) is 75.6 Å². The van der Waals surface area contributed by atoms with Crippen molar-refractivity contribution in [1.82, 2.24) is 10.1 Å². The minimum atomic E-state index is -4.84. The number of hydrogen-bond acceptors (Lipinski definition) is 8. The monoisotopic (exact) mass is 629 g/mol. The van der Waals surface area contributed by atoms with E-state index >= 15 is 0 Å². The van der Waals surface area contributed by atoms with Crippen molar-refractivity contribution in [3.05, 3.63) is 70.5 Å². The minimum Gasteiger partial charge on any atom is -0.478 e. The van der Waals surface area contributed by atoms with Crippen LogP contribution in [0.2, 0.25) is 0 Å². The highest BCUT2D eigenvalue weighted by Gasteiger charge is 2.43. The molecule has 4 aromatic rings. The number of carboxylic acid groups (broad SMARTS) is 1. The standard InChI is InChI=1S/C31H27F4N3O5S/c32-24-11-17(7-10-21(24)29(39)40)25-15-44-30(36-25)38-18-8-9-19(38)13-20(12-18)41-14-23-27(37-43-28(23)16-5-6-16)22-3-1-2-4-26(22)42-31(33,34)35/h1-4,7,10-11,15-16,18-20H,5-6,8-9,12-14H2,(H,39,40)/t18-,19+,20?. The van der Waals surface area contributed by atoms with Crippen LogP contribution in [-0.4, -0.2) is 45.8 Å². The van der Waals surface area contributed by atoms with Gasteiger partial charge >= 0.3 is 12.3 Å². The van der Waals surface area contributed by atoms with E-state index in [0.717, 1.165) is 43.7 Å². The molecule has 3 fully saturated rings. The second-order valence-corrected chi connectivity index (χ2v) is 12.2. The van der Waals surface area contributed by atoms with Crippen molar-refractivity contribution >= 4 is 22.4 Å². The summed E-state index contributed by atoms with van der Waals surface area (Å²) in [5.74, 6) is -1.63. The van der Waals surface area contributed by atoms with Crippen LogP contribution in [0.5, 0.6) is 5.75 Å². The molecule has 13 heteroatoms. The molecule has 1 saturated carbocycles. The van der Waals surface area contributed by atoms with Crippen LogP contribution in [-0.2, 0) is 11.3 Å². The van der Waals surface area contributed by atoms with E-state index in [1.807, 2.05) is 5.38 Å². The Morgan fingerprint density at radius 1 is 1.09 bits per heavy atom. The Balaban J connectivity index is 1.06. The molecule has 44 heavy (non-hydrogen) atoms. The van der Waals surface area contributed by atoms with Crippen LogP contribution < -0.4 is 9.64 Å². The van der Waals surface area contributed by atoms with Crippen LogP contribution in [0.25, 0.3) is 22.5 Å². The summed E-state index contributed by atoms with van der Waals surface area (Å²) < 4.78 is 70.0. The maximum absolute atomic E-state index is 14.3. The Bertz CT molecular complexity index is 1690. The summed E-state index contributed by atoms with van der Waals surface area (Å²) in [5, 5.41) is 16.0. The molecule has 2 aromatic carbocycles. The number of alkyl halides is 3. The molecule has 3 atom stereocenters. The molecule has 0 amide bonds. The Labute approximate surface area is 253 Å². The molecule has 1 unspecified atom stereocenters. The number of hydrogen-bond donors (Lipinski definition) is 1. The summed E-state index contributed by atoms with van der Waals surface area (Å²) in [6, 6.07) is 10.3. The number of aromatic carboxylic acids is 1. The van der Waals surface area contributed by atoms with Crippen LogP contribution in [0.1, 0.15) is 66.1 Å². The lowest BCUT2D eigenvalue weighted by atomic mass is 10.00. The first-order valence-corrected chi connectivity index (χ1v) is 15.2. The third-order valence-corrected chi connectivity index (χ3v) is 9.35. The molecule has 4 heterocycles. The Kier molecular flexibility index (Phi) is 7.32. The normalized spacial score (nSPS) is 21.5. The number of rotatable bonds is 9. The van der Waals surface area contributed by atoms with Crippen LogP contribution >= 0.6 is 11.3 Å². The Morgan fingerprint density at radius 2 is 1.84 bits per heavy atom. The van der Waals surface area contributed by atoms with Crippen LogP contribution in [0.4, 0.5) is 22.7 Å². The first kappa shape index (κ1) is 28.8. The number of aromatic nitrogens is 2. The summed E-state index contributed by atoms with van der Waals surface area (Å²) in [5.41, 5.74) is 1.87. The number of piperidine rings is 1. The van der Waals surface area contributed by atoms with Gasteiger partial charge in [0.15, 0.2) is 5.13 Å². The predicted molar refractivity (Wildman–Crippen MR) is 152 cm³/mol. The summed E-state index contributed by atoms with van der Waals surface area (Å²) in [6.07, 6.45) is 0.375. The van der Waals surface area contributed by atoms with Crippen LogP contribution in [0.15, 0.2) is 52.4 Å². The van der Waals surface area contributed by atoms with Crippen LogP contribution in [0, 0.1) is 5.82 Å². The van der Waals surface area contributed by atoms with E-state index in [1.54, 1.807) is 12.1 Å². The van der Waals surface area contributed by atoms with Gasteiger partial charge < -0.3 is 24.0 Å². The van der Waals surface area contributed by atoms with Crippen molar-refractivity contribution in [3.63, 3.8) is 0 Å². The largest absolute Gasteiger partial charge is 0.573 e. The molecule has 2 bridgehead atoms. The van der Waals surface area contributed by atoms with Gasteiger partial charge in [0.1, 0.15) is 23.0 Å². The number of thiazole rings is 1. The summed E-state index contributed by atoms with van der Waals surface area (Å²) in [7, 11) is 0. The van der Waals surface area contributed by atoms with Crippen molar-refractivity contribution < 1.29 is 41.5 Å². The summed E-state index contributed by atoms with van der Waals surface area (Å²) >= 11 is 1.47. The van der Waals surface area contributed by atoms with Crippen molar-refractivity contribution in [1.29, 1.82) is 0 Å². The second-order valence-electron chi connectivity index (χ2n) is 11.4. The van der Waals surface area contributed by atoms with Crippen molar-refractivity contribution in [2.24, 2.45) is 0 Å². The number of halogens is 4. The summed E-state index contributed by atoms with van der Waals surface area (Å²) in [4.78, 5) is 18.2. The number of carbonyl (C=O) groups is 1. The third-order valence-electron chi connectivity index (χ3n) is 8.50. The number of anilines is 1. The lowest BCUT2D eigenvalue weighted by Gasteiger charge is -2.38.